The molecule has 1 amide bonds. The van der Waals surface area contributed by atoms with Crippen molar-refractivity contribution in [1.29, 1.82) is 0 Å². The molecule has 19 heavy (non-hydrogen) atoms. The van der Waals surface area contributed by atoms with E-state index in [4.69, 9.17) is 0 Å². The van der Waals surface area contributed by atoms with Gasteiger partial charge >= 0.3 is 0 Å². The van der Waals surface area contributed by atoms with Gasteiger partial charge in [0.25, 0.3) is 5.91 Å². The van der Waals surface area contributed by atoms with Gasteiger partial charge in [0, 0.05) is 18.7 Å². The molecule has 0 radical (unpaired) electrons. The highest BCUT2D eigenvalue weighted by Crippen LogP contribution is 2.24. The predicted molar refractivity (Wildman–Crippen MR) is 76.5 cm³/mol. The maximum atomic E-state index is 12.5. The van der Waals surface area contributed by atoms with Crippen molar-refractivity contribution in [3.63, 3.8) is 0 Å². The number of aryl methyl sites for hydroxylation is 2. The average Bonchev–Trinajstić information content (AvgIpc) is 2.94. The van der Waals surface area contributed by atoms with Gasteiger partial charge in [-0.2, -0.15) is 0 Å². The standard InChI is InChI=1S/C16H22N2O/c1-18(15-7-9-17-10-8-15)16(19)14-6-5-12-3-2-4-13(12)11-14/h5-6,11,15,17H,2-4,7-10H2,1H3. The largest absolute Gasteiger partial charge is 0.339 e. The molecule has 0 bridgehead atoms. The maximum absolute atomic E-state index is 12.5. The van der Waals surface area contributed by atoms with Crippen LogP contribution in [0.25, 0.3) is 0 Å². The summed E-state index contributed by atoms with van der Waals surface area (Å²) in [7, 11) is 1.95. The zero-order chi connectivity index (χ0) is 13.2. The molecule has 1 aromatic carbocycles. The summed E-state index contributed by atoms with van der Waals surface area (Å²) >= 11 is 0. The highest BCUT2D eigenvalue weighted by Gasteiger charge is 2.23. The van der Waals surface area contributed by atoms with Crippen LogP contribution in [0.3, 0.4) is 0 Å². The molecule has 1 saturated heterocycles. The van der Waals surface area contributed by atoms with Gasteiger partial charge in [-0.25, -0.2) is 0 Å². The van der Waals surface area contributed by atoms with E-state index in [0.717, 1.165) is 37.9 Å². The summed E-state index contributed by atoms with van der Waals surface area (Å²) in [5.74, 6) is 0.182. The Morgan fingerprint density at radius 2 is 1.95 bits per heavy atom. The van der Waals surface area contributed by atoms with Gasteiger partial charge in [-0.05, 0) is 68.5 Å². The summed E-state index contributed by atoms with van der Waals surface area (Å²) in [5, 5.41) is 3.34. The van der Waals surface area contributed by atoms with Crippen LogP contribution < -0.4 is 5.32 Å². The third-order valence-electron chi connectivity index (χ3n) is 4.52. The Kier molecular flexibility index (Phi) is 3.56. The molecule has 0 atom stereocenters. The zero-order valence-corrected chi connectivity index (χ0v) is 11.6. The van der Waals surface area contributed by atoms with Gasteiger partial charge in [0.15, 0.2) is 0 Å². The lowest BCUT2D eigenvalue weighted by Crippen LogP contribution is -2.43. The molecule has 1 aliphatic heterocycles. The number of amides is 1. The van der Waals surface area contributed by atoms with Crippen LogP contribution in [0.4, 0.5) is 0 Å². The fourth-order valence-corrected chi connectivity index (χ4v) is 3.27. The van der Waals surface area contributed by atoms with Crippen molar-refractivity contribution in [2.24, 2.45) is 0 Å². The van der Waals surface area contributed by atoms with Crippen molar-refractivity contribution in [3.05, 3.63) is 34.9 Å². The van der Waals surface area contributed by atoms with Gasteiger partial charge < -0.3 is 10.2 Å². The zero-order valence-electron chi connectivity index (χ0n) is 11.6. The minimum atomic E-state index is 0.182. The van der Waals surface area contributed by atoms with E-state index in [1.54, 1.807) is 0 Å². The molecule has 0 aromatic heterocycles. The molecular weight excluding hydrogens is 236 g/mol. The van der Waals surface area contributed by atoms with Gasteiger partial charge in [-0.3, -0.25) is 4.79 Å². The smallest absolute Gasteiger partial charge is 0.253 e. The normalized spacial score (nSPS) is 19.2. The first-order valence-corrected chi connectivity index (χ1v) is 7.35. The summed E-state index contributed by atoms with van der Waals surface area (Å²) in [4.78, 5) is 14.5. The van der Waals surface area contributed by atoms with E-state index in [1.807, 2.05) is 18.0 Å². The summed E-state index contributed by atoms with van der Waals surface area (Å²) < 4.78 is 0. The first-order chi connectivity index (χ1) is 9.25. The van der Waals surface area contributed by atoms with Gasteiger partial charge in [0.1, 0.15) is 0 Å². The third-order valence-corrected chi connectivity index (χ3v) is 4.52. The minimum Gasteiger partial charge on any atom is -0.339 e. The summed E-state index contributed by atoms with van der Waals surface area (Å²) in [6, 6.07) is 6.65. The van der Waals surface area contributed by atoms with Crippen LogP contribution in [-0.2, 0) is 12.8 Å². The number of hydrogen-bond donors (Lipinski definition) is 1. The van der Waals surface area contributed by atoms with Crippen LogP contribution >= 0.6 is 0 Å². The van der Waals surface area contributed by atoms with Crippen molar-refractivity contribution >= 4 is 5.91 Å². The van der Waals surface area contributed by atoms with Crippen molar-refractivity contribution in [2.75, 3.05) is 20.1 Å². The molecule has 0 unspecified atom stereocenters. The van der Waals surface area contributed by atoms with Crippen LogP contribution in [0, 0.1) is 0 Å². The summed E-state index contributed by atoms with van der Waals surface area (Å²) in [6.07, 6.45) is 5.67. The lowest BCUT2D eigenvalue weighted by Gasteiger charge is -2.31. The van der Waals surface area contributed by atoms with Gasteiger partial charge in [-0.15, -0.1) is 0 Å². The molecule has 3 heteroatoms. The van der Waals surface area contributed by atoms with Gasteiger partial charge in [0.2, 0.25) is 0 Å². The molecule has 0 spiro atoms. The highest BCUT2D eigenvalue weighted by molar-refractivity contribution is 5.94. The number of fused-ring (bicyclic) bond motifs is 1. The third kappa shape index (κ3) is 2.52. The Hall–Kier alpha value is -1.35. The number of hydrogen-bond acceptors (Lipinski definition) is 2. The lowest BCUT2D eigenvalue weighted by atomic mass is 10.0. The molecule has 3 rings (SSSR count). The number of piperidine rings is 1. The van der Waals surface area contributed by atoms with Crippen LogP contribution in [0.1, 0.15) is 40.7 Å². The van der Waals surface area contributed by atoms with E-state index in [1.165, 1.54) is 24.0 Å². The fraction of sp³-hybridized carbons (Fsp3) is 0.562. The number of nitrogens with zero attached hydrogens (tertiary/aromatic N) is 1. The summed E-state index contributed by atoms with van der Waals surface area (Å²) in [6.45, 7) is 2.04. The van der Waals surface area contributed by atoms with E-state index in [2.05, 4.69) is 17.4 Å². The number of carbonyl (C=O) groups is 1. The van der Waals surface area contributed by atoms with Gasteiger partial charge in [-0.1, -0.05) is 6.07 Å². The minimum absolute atomic E-state index is 0.182. The Morgan fingerprint density at radius 3 is 2.74 bits per heavy atom. The molecule has 1 fully saturated rings. The second-order valence-corrected chi connectivity index (χ2v) is 5.73. The Balaban J connectivity index is 1.75. The number of carbonyl (C=O) groups excluding carboxylic acids is 1. The molecule has 0 saturated carbocycles. The Labute approximate surface area is 115 Å². The average molecular weight is 258 g/mol. The second-order valence-electron chi connectivity index (χ2n) is 5.73. The monoisotopic (exact) mass is 258 g/mol. The molecule has 1 aliphatic carbocycles. The van der Waals surface area contributed by atoms with Crippen molar-refractivity contribution in [2.45, 2.75) is 38.1 Å². The SMILES string of the molecule is CN(C(=O)c1ccc2c(c1)CCC2)C1CCNCC1. The quantitative estimate of drug-likeness (QED) is 0.880. The molecule has 102 valence electrons. The van der Waals surface area contributed by atoms with E-state index in [9.17, 15) is 4.79 Å². The molecule has 1 heterocycles. The lowest BCUT2D eigenvalue weighted by molar-refractivity contribution is 0.0703. The van der Waals surface area contributed by atoms with E-state index in [0.29, 0.717) is 6.04 Å². The first-order valence-electron chi connectivity index (χ1n) is 7.35. The van der Waals surface area contributed by atoms with Crippen LogP contribution in [0.5, 0.6) is 0 Å². The fourth-order valence-electron chi connectivity index (χ4n) is 3.27. The first kappa shape index (κ1) is 12.7. The van der Waals surface area contributed by atoms with E-state index < -0.39 is 0 Å². The topological polar surface area (TPSA) is 32.3 Å². The van der Waals surface area contributed by atoms with Crippen molar-refractivity contribution in [3.8, 4) is 0 Å². The predicted octanol–water partition coefficient (Wildman–Crippen LogP) is 2.00. The maximum Gasteiger partial charge on any atom is 0.253 e. The van der Waals surface area contributed by atoms with Crippen molar-refractivity contribution < 1.29 is 4.79 Å². The van der Waals surface area contributed by atoms with Crippen LogP contribution in [-0.4, -0.2) is 37.0 Å². The molecule has 1 N–H and O–H groups in total. The highest BCUT2D eigenvalue weighted by atomic mass is 16.2. The molecule has 1 aromatic rings. The van der Waals surface area contributed by atoms with Crippen LogP contribution in [0.2, 0.25) is 0 Å². The van der Waals surface area contributed by atoms with E-state index >= 15 is 0 Å². The van der Waals surface area contributed by atoms with E-state index in [-0.39, 0.29) is 5.91 Å². The Morgan fingerprint density at radius 1 is 1.21 bits per heavy atom. The number of rotatable bonds is 2. The molecule has 3 nitrogen and oxygen atoms in total. The van der Waals surface area contributed by atoms with Crippen molar-refractivity contribution in [1.82, 2.24) is 10.2 Å². The van der Waals surface area contributed by atoms with Gasteiger partial charge in [0.05, 0.1) is 0 Å². The molecule has 2 aliphatic rings. The summed E-state index contributed by atoms with van der Waals surface area (Å²) in [5.41, 5.74) is 3.67. The Bertz CT molecular complexity index is 478. The number of nitrogens with one attached hydrogen (secondary N) is 1. The molecular formula is C16H22N2O. The van der Waals surface area contributed by atoms with Crippen LogP contribution in [0.15, 0.2) is 18.2 Å². The second kappa shape index (κ2) is 5.33. The number of benzene rings is 1.